The highest BCUT2D eigenvalue weighted by Crippen LogP contribution is 2.32. The standard InChI is InChI=1S/C13H16N2S2/c1-15(10-6-7-17-9-10)12-4-3-5-13(16-2)11(12)8-14/h3-5,10H,6-7,9H2,1-2H3. The molecule has 1 aromatic rings. The quantitative estimate of drug-likeness (QED) is 0.783. The van der Waals surface area contributed by atoms with Crippen LogP contribution in [0.15, 0.2) is 23.1 Å². The first-order chi connectivity index (χ1) is 8.27. The van der Waals surface area contributed by atoms with Crippen molar-refractivity contribution < 1.29 is 0 Å². The first-order valence-corrected chi connectivity index (χ1v) is 8.03. The Hall–Kier alpha value is -0.790. The summed E-state index contributed by atoms with van der Waals surface area (Å²) in [7, 11) is 2.11. The van der Waals surface area contributed by atoms with Crippen molar-refractivity contribution in [2.45, 2.75) is 17.4 Å². The summed E-state index contributed by atoms with van der Waals surface area (Å²) in [5, 5.41) is 9.33. The summed E-state index contributed by atoms with van der Waals surface area (Å²) in [5.41, 5.74) is 1.89. The van der Waals surface area contributed by atoms with Crippen molar-refractivity contribution in [2.24, 2.45) is 0 Å². The van der Waals surface area contributed by atoms with Crippen molar-refractivity contribution in [3.8, 4) is 6.07 Å². The van der Waals surface area contributed by atoms with Gasteiger partial charge < -0.3 is 4.90 Å². The van der Waals surface area contributed by atoms with Crippen molar-refractivity contribution in [2.75, 3.05) is 29.7 Å². The molecule has 4 heteroatoms. The second-order valence-corrected chi connectivity index (χ2v) is 6.09. The highest BCUT2D eigenvalue weighted by molar-refractivity contribution is 7.99. The highest BCUT2D eigenvalue weighted by atomic mass is 32.2. The van der Waals surface area contributed by atoms with Crippen LogP contribution in [0.1, 0.15) is 12.0 Å². The zero-order chi connectivity index (χ0) is 12.3. The van der Waals surface area contributed by atoms with Gasteiger partial charge >= 0.3 is 0 Å². The van der Waals surface area contributed by atoms with Gasteiger partial charge in [-0.15, -0.1) is 11.8 Å². The fraction of sp³-hybridized carbons (Fsp3) is 0.462. The van der Waals surface area contributed by atoms with Crippen molar-refractivity contribution in [1.29, 1.82) is 5.26 Å². The van der Waals surface area contributed by atoms with E-state index in [1.165, 1.54) is 17.9 Å². The van der Waals surface area contributed by atoms with Gasteiger partial charge in [0.2, 0.25) is 0 Å². The van der Waals surface area contributed by atoms with E-state index in [9.17, 15) is 5.26 Å². The van der Waals surface area contributed by atoms with E-state index in [0.717, 1.165) is 16.1 Å². The summed E-state index contributed by atoms with van der Waals surface area (Å²) in [5.74, 6) is 2.41. The molecule has 1 heterocycles. The predicted molar refractivity (Wildman–Crippen MR) is 77.1 cm³/mol. The minimum atomic E-state index is 0.573. The van der Waals surface area contributed by atoms with Gasteiger partial charge in [-0.05, 0) is 30.6 Å². The Labute approximate surface area is 111 Å². The molecule has 90 valence electrons. The SMILES string of the molecule is CSc1cccc(N(C)C2CCSC2)c1C#N. The molecule has 0 spiro atoms. The Bertz CT molecular complexity index is 434. The summed E-state index contributed by atoms with van der Waals surface area (Å²) in [6.45, 7) is 0. The number of anilines is 1. The fourth-order valence-corrected chi connectivity index (χ4v) is 3.96. The summed E-state index contributed by atoms with van der Waals surface area (Å²) in [4.78, 5) is 3.35. The van der Waals surface area contributed by atoms with Gasteiger partial charge in [0.15, 0.2) is 0 Å². The Morgan fingerprint density at radius 1 is 1.53 bits per heavy atom. The zero-order valence-electron chi connectivity index (χ0n) is 10.1. The number of hydrogen-bond donors (Lipinski definition) is 0. The molecule has 1 aliphatic heterocycles. The van der Waals surface area contributed by atoms with Crippen molar-refractivity contribution in [3.63, 3.8) is 0 Å². The molecule has 0 N–H and O–H groups in total. The molecule has 0 bridgehead atoms. The fourth-order valence-electron chi connectivity index (χ4n) is 2.12. The zero-order valence-corrected chi connectivity index (χ0v) is 11.8. The first kappa shape index (κ1) is 12.7. The first-order valence-electron chi connectivity index (χ1n) is 5.65. The Morgan fingerprint density at radius 3 is 2.94 bits per heavy atom. The third kappa shape index (κ3) is 2.56. The average molecular weight is 264 g/mol. The number of benzene rings is 1. The number of nitrogens with zero attached hydrogens (tertiary/aromatic N) is 2. The maximum atomic E-state index is 9.33. The van der Waals surface area contributed by atoms with E-state index in [2.05, 4.69) is 24.1 Å². The van der Waals surface area contributed by atoms with E-state index in [1.54, 1.807) is 11.8 Å². The van der Waals surface area contributed by atoms with E-state index in [4.69, 9.17) is 0 Å². The smallest absolute Gasteiger partial charge is 0.103 e. The molecule has 0 aliphatic carbocycles. The molecule has 0 saturated carbocycles. The Morgan fingerprint density at radius 2 is 2.35 bits per heavy atom. The van der Waals surface area contributed by atoms with Crippen LogP contribution in [0.3, 0.4) is 0 Å². The largest absolute Gasteiger partial charge is 0.370 e. The van der Waals surface area contributed by atoms with Gasteiger partial charge in [0.1, 0.15) is 6.07 Å². The van der Waals surface area contributed by atoms with E-state index in [-0.39, 0.29) is 0 Å². The van der Waals surface area contributed by atoms with Crippen LogP contribution in [0.5, 0.6) is 0 Å². The minimum Gasteiger partial charge on any atom is -0.370 e. The van der Waals surface area contributed by atoms with Gasteiger partial charge in [-0.2, -0.15) is 17.0 Å². The molecule has 0 amide bonds. The summed E-state index contributed by atoms with van der Waals surface area (Å²) in [6, 6.07) is 9.04. The molecule has 2 rings (SSSR count). The van der Waals surface area contributed by atoms with Crippen molar-refractivity contribution >= 4 is 29.2 Å². The van der Waals surface area contributed by atoms with Gasteiger partial charge in [-0.3, -0.25) is 0 Å². The van der Waals surface area contributed by atoms with Crippen molar-refractivity contribution in [1.82, 2.24) is 0 Å². The minimum absolute atomic E-state index is 0.573. The molecule has 0 aromatic heterocycles. The number of hydrogen-bond acceptors (Lipinski definition) is 4. The molecule has 2 nitrogen and oxygen atoms in total. The summed E-state index contributed by atoms with van der Waals surface area (Å²) >= 11 is 3.64. The van der Waals surface area contributed by atoms with E-state index in [0.29, 0.717) is 6.04 Å². The van der Waals surface area contributed by atoms with E-state index in [1.807, 2.05) is 30.2 Å². The third-order valence-electron chi connectivity index (χ3n) is 3.17. The second-order valence-electron chi connectivity index (χ2n) is 4.09. The van der Waals surface area contributed by atoms with Gasteiger partial charge in [0.25, 0.3) is 0 Å². The van der Waals surface area contributed by atoms with Crippen LogP contribution < -0.4 is 4.90 Å². The lowest BCUT2D eigenvalue weighted by molar-refractivity contribution is 0.698. The molecule has 1 unspecified atom stereocenters. The molecule has 1 saturated heterocycles. The van der Waals surface area contributed by atoms with Crippen LogP contribution in [0.4, 0.5) is 5.69 Å². The molecular formula is C13H16N2S2. The summed E-state index contributed by atoms with van der Waals surface area (Å²) in [6.07, 6.45) is 3.24. The lowest BCUT2D eigenvalue weighted by atomic mass is 10.1. The molecule has 1 atom stereocenters. The van der Waals surface area contributed by atoms with Gasteiger partial charge in [0, 0.05) is 23.7 Å². The van der Waals surface area contributed by atoms with Crippen LogP contribution in [-0.4, -0.2) is 30.9 Å². The maximum absolute atomic E-state index is 9.33. The van der Waals surface area contributed by atoms with Gasteiger partial charge in [-0.25, -0.2) is 0 Å². The molecule has 1 aliphatic rings. The molecule has 1 fully saturated rings. The number of rotatable bonds is 3. The average Bonchev–Trinajstić information content (AvgIpc) is 2.90. The monoisotopic (exact) mass is 264 g/mol. The maximum Gasteiger partial charge on any atom is 0.103 e. The molecule has 0 radical (unpaired) electrons. The number of nitriles is 1. The van der Waals surface area contributed by atoms with E-state index >= 15 is 0 Å². The Kier molecular flexibility index (Phi) is 4.25. The number of thioether (sulfide) groups is 2. The van der Waals surface area contributed by atoms with Crippen LogP contribution in [0, 0.1) is 11.3 Å². The van der Waals surface area contributed by atoms with Crippen molar-refractivity contribution in [3.05, 3.63) is 23.8 Å². The lowest BCUT2D eigenvalue weighted by Gasteiger charge is -2.27. The van der Waals surface area contributed by atoms with Crippen LogP contribution in [-0.2, 0) is 0 Å². The Balaban J connectivity index is 2.34. The normalized spacial score (nSPS) is 19.0. The summed E-state index contributed by atoms with van der Waals surface area (Å²) < 4.78 is 0. The highest BCUT2D eigenvalue weighted by Gasteiger charge is 2.22. The topological polar surface area (TPSA) is 27.0 Å². The third-order valence-corrected chi connectivity index (χ3v) is 5.09. The second kappa shape index (κ2) is 5.70. The predicted octanol–water partition coefficient (Wildman–Crippen LogP) is 3.22. The lowest BCUT2D eigenvalue weighted by Crippen LogP contribution is -2.31. The molecule has 1 aromatic carbocycles. The van der Waals surface area contributed by atoms with Crippen LogP contribution in [0.25, 0.3) is 0 Å². The molecular weight excluding hydrogens is 248 g/mol. The van der Waals surface area contributed by atoms with Gasteiger partial charge in [0.05, 0.1) is 11.3 Å². The van der Waals surface area contributed by atoms with Gasteiger partial charge in [-0.1, -0.05) is 6.07 Å². The molecule has 17 heavy (non-hydrogen) atoms. The van der Waals surface area contributed by atoms with E-state index < -0.39 is 0 Å². The van der Waals surface area contributed by atoms with Crippen LogP contribution in [0.2, 0.25) is 0 Å². The van der Waals surface area contributed by atoms with Crippen LogP contribution >= 0.6 is 23.5 Å².